The Bertz CT molecular complexity index is 1380. The van der Waals surface area contributed by atoms with Gasteiger partial charge < -0.3 is 4.90 Å². The van der Waals surface area contributed by atoms with E-state index in [1.807, 2.05) is 41.1 Å². The highest BCUT2D eigenvalue weighted by molar-refractivity contribution is 5.80. The van der Waals surface area contributed by atoms with E-state index in [9.17, 15) is 4.79 Å². The Kier molecular flexibility index (Phi) is 5.92. The molecule has 0 aliphatic carbocycles. The van der Waals surface area contributed by atoms with Crippen LogP contribution in [0, 0.1) is 12.3 Å². The van der Waals surface area contributed by atoms with Crippen LogP contribution in [0.5, 0.6) is 0 Å². The standard InChI is InChI=1S/C27H33N7O/c1-19-12-20(6-7-21(19)15-33-11-10-32(17-25(33)35)18-27(2,3)4)26-24-8-9-28-34(24)16-23(30-26)22-13-29-31(5)14-22/h6-9,12-14,16H,10-11,15,17-18H2,1-5H3. The van der Waals surface area contributed by atoms with E-state index in [4.69, 9.17) is 4.98 Å². The SMILES string of the molecule is Cc1cc(-c2nc(-c3cnn(C)c3)cn3nccc23)ccc1CN1CCN(CC(C)(C)C)CC1=O. The minimum Gasteiger partial charge on any atom is -0.336 e. The first-order chi connectivity index (χ1) is 16.7. The number of aromatic nitrogens is 5. The predicted molar refractivity (Wildman–Crippen MR) is 137 cm³/mol. The van der Waals surface area contributed by atoms with Crippen molar-refractivity contribution in [2.24, 2.45) is 12.5 Å². The maximum atomic E-state index is 12.8. The number of fused-ring (bicyclic) bond motifs is 1. The molecule has 1 amide bonds. The number of hydrogen-bond acceptors (Lipinski definition) is 5. The van der Waals surface area contributed by atoms with Crippen molar-refractivity contribution in [3.8, 4) is 22.5 Å². The van der Waals surface area contributed by atoms with Gasteiger partial charge in [0.1, 0.15) is 0 Å². The molecule has 0 N–H and O–H groups in total. The molecule has 1 aliphatic heterocycles. The smallest absolute Gasteiger partial charge is 0.237 e. The lowest BCUT2D eigenvalue weighted by molar-refractivity contribution is -0.137. The van der Waals surface area contributed by atoms with Gasteiger partial charge in [-0.2, -0.15) is 10.2 Å². The Morgan fingerprint density at radius 2 is 1.86 bits per heavy atom. The molecule has 1 fully saturated rings. The summed E-state index contributed by atoms with van der Waals surface area (Å²) in [5.74, 6) is 0.204. The van der Waals surface area contributed by atoms with Gasteiger partial charge in [0.15, 0.2) is 0 Å². The van der Waals surface area contributed by atoms with Crippen molar-refractivity contribution in [1.82, 2.24) is 34.2 Å². The van der Waals surface area contributed by atoms with Gasteiger partial charge in [-0.15, -0.1) is 0 Å². The molecule has 0 bridgehead atoms. The Balaban J connectivity index is 1.38. The second-order valence-electron chi connectivity index (χ2n) is 10.8. The fourth-order valence-electron chi connectivity index (χ4n) is 4.79. The number of benzene rings is 1. The van der Waals surface area contributed by atoms with Crippen LogP contribution in [0.3, 0.4) is 0 Å². The first-order valence-electron chi connectivity index (χ1n) is 12.1. The zero-order valence-corrected chi connectivity index (χ0v) is 21.2. The number of nitrogens with zero attached hydrogens (tertiary/aromatic N) is 7. The van der Waals surface area contributed by atoms with E-state index in [-0.39, 0.29) is 11.3 Å². The Labute approximate surface area is 206 Å². The van der Waals surface area contributed by atoms with Gasteiger partial charge in [0, 0.05) is 50.6 Å². The quantitative estimate of drug-likeness (QED) is 0.443. The minimum absolute atomic E-state index is 0.193. The van der Waals surface area contributed by atoms with Gasteiger partial charge in [-0.05, 0) is 35.6 Å². The summed E-state index contributed by atoms with van der Waals surface area (Å²) in [6.45, 7) is 12.5. The van der Waals surface area contributed by atoms with Crippen LogP contribution in [-0.4, -0.2) is 66.3 Å². The Morgan fingerprint density at radius 1 is 1.03 bits per heavy atom. The summed E-state index contributed by atoms with van der Waals surface area (Å²) in [5, 5.41) is 8.74. The second-order valence-corrected chi connectivity index (χ2v) is 10.8. The summed E-state index contributed by atoms with van der Waals surface area (Å²) in [6, 6.07) is 8.38. The van der Waals surface area contributed by atoms with Gasteiger partial charge >= 0.3 is 0 Å². The molecule has 1 aliphatic rings. The highest BCUT2D eigenvalue weighted by Gasteiger charge is 2.27. The largest absolute Gasteiger partial charge is 0.336 e. The van der Waals surface area contributed by atoms with E-state index < -0.39 is 0 Å². The van der Waals surface area contributed by atoms with Crippen molar-refractivity contribution in [3.05, 3.63) is 60.2 Å². The number of carbonyl (C=O) groups excluding carboxylic acids is 1. The van der Waals surface area contributed by atoms with E-state index in [0.29, 0.717) is 13.1 Å². The van der Waals surface area contributed by atoms with Crippen LogP contribution in [0.4, 0.5) is 0 Å². The van der Waals surface area contributed by atoms with Gasteiger partial charge in [0.05, 0.1) is 42.0 Å². The van der Waals surface area contributed by atoms with E-state index in [0.717, 1.165) is 53.2 Å². The van der Waals surface area contributed by atoms with Crippen LogP contribution in [0.15, 0.2) is 49.1 Å². The molecule has 0 atom stereocenters. The van der Waals surface area contributed by atoms with Crippen LogP contribution in [0.1, 0.15) is 31.9 Å². The first kappa shape index (κ1) is 23.2. The Morgan fingerprint density at radius 3 is 2.54 bits per heavy atom. The van der Waals surface area contributed by atoms with Crippen LogP contribution in [0.25, 0.3) is 28.0 Å². The summed E-state index contributed by atoms with van der Waals surface area (Å²) in [6.07, 6.45) is 7.49. The van der Waals surface area contributed by atoms with Crippen LogP contribution >= 0.6 is 0 Å². The van der Waals surface area contributed by atoms with Gasteiger partial charge in [-0.25, -0.2) is 9.50 Å². The highest BCUT2D eigenvalue weighted by atomic mass is 16.2. The van der Waals surface area contributed by atoms with Gasteiger partial charge in [0.25, 0.3) is 0 Å². The summed E-state index contributed by atoms with van der Waals surface area (Å²) in [4.78, 5) is 22.1. The Hall–Kier alpha value is -3.52. The molecule has 4 aromatic rings. The molecule has 1 aromatic carbocycles. The molecule has 5 rings (SSSR count). The van der Waals surface area contributed by atoms with Crippen LogP contribution < -0.4 is 0 Å². The lowest BCUT2D eigenvalue weighted by Gasteiger charge is -2.37. The molecule has 4 heterocycles. The minimum atomic E-state index is 0.193. The van der Waals surface area contributed by atoms with Crippen molar-refractivity contribution in [2.45, 2.75) is 34.2 Å². The summed E-state index contributed by atoms with van der Waals surface area (Å²) < 4.78 is 3.64. The number of piperazine rings is 1. The van der Waals surface area contributed by atoms with Crippen molar-refractivity contribution in [2.75, 3.05) is 26.2 Å². The fraction of sp³-hybridized carbons (Fsp3) is 0.407. The normalized spacial score (nSPS) is 15.3. The van der Waals surface area contributed by atoms with E-state index in [1.165, 1.54) is 5.56 Å². The van der Waals surface area contributed by atoms with Gasteiger partial charge in [0.2, 0.25) is 5.91 Å². The molecule has 1 saturated heterocycles. The molecule has 35 heavy (non-hydrogen) atoms. The number of aryl methyl sites for hydroxylation is 2. The molecule has 8 heteroatoms. The molecule has 3 aromatic heterocycles. The second kappa shape index (κ2) is 8.92. The lowest BCUT2D eigenvalue weighted by atomic mass is 9.95. The summed E-state index contributed by atoms with van der Waals surface area (Å²) >= 11 is 0. The van der Waals surface area contributed by atoms with Crippen molar-refractivity contribution < 1.29 is 4.79 Å². The monoisotopic (exact) mass is 471 g/mol. The third-order valence-corrected chi connectivity index (χ3v) is 6.46. The average Bonchev–Trinajstić information content (AvgIpc) is 3.44. The number of rotatable bonds is 5. The van der Waals surface area contributed by atoms with E-state index in [1.54, 1.807) is 10.9 Å². The lowest BCUT2D eigenvalue weighted by Crippen LogP contribution is -2.51. The zero-order valence-electron chi connectivity index (χ0n) is 21.2. The molecule has 182 valence electrons. The molecular formula is C27H33N7O. The van der Waals surface area contributed by atoms with Crippen molar-refractivity contribution in [1.29, 1.82) is 0 Å². The predicted octanol–water partition coefficient (Wildman–Crippen LogP) is 3.80. The fourth-order valence-corrected chi connectivity index (χ4v) is 4.79. The van der Waals surface area contributed by atoms with Gasteiger partial charge in [-0.3, -0.25) is 14.4 Å². The maximum Gasteiger partial charge on any atom is 0.237 e. The zero-order chi connectivity index (χ0) is 24.7. The molecule has 0 spiro atoms. The number of amides is 1. The highest BCUT2D eigenvalue weighted by Crippen LogP contribution is 2.29. The number of hydrogen-bond donors (Lipinski definition) is 0. The maximum absolute atomic E-state index is 12.8. The number of carbonyl (C=O) groups is 1. The van der Waals surface area contributed by atoms with Crippen molar-refractivity contribution >= 4 is 11.4 Å². The molecule has 0 saturated carbocycles. The molecule has 8 nitrogen and oxygen atoms in total. The third-order valence-electron chi connectivity index (χ3n) is 6.46. The van der Waals surface area contributed by atoms with E-state index in [2.05, 4.69) is 61.0 Å². The molecule has 0 radical (unpaired) electrons. The molecular weight excluding hydrogens is 438 g/mol. The average molecular weight is 472 g/mol. The summed E-state index contributed by atoms with van der Waals surface area (Å²) in [5.41, 5.74) is 7.15. The molecule has 0 unspecified atom stereocenters. The van der Waals surface area contributed by atoms with Gasteiger partial charge in [-0.1, -0.05) is 32.9 Å². The third kappa shape index (κ3) is 4.98. The topological polar surface area (TPSA) is 71.6 Å². The van der Waals surface area contributed by atoms with E-state index >= 15 is 0 Å². The first-order valence-corrected chi connectivity index (χ1v) is 12.1. The van der Waals surface area contributed by atoms with Crippen molar-refractivity contribution in [3.63, 3.8) is 0 Å². The summed E-state index contributed by atoms with van der Waals surface area (Å²) in [7, 11) is 1.90. The van der Waals surface area contributed by atoms with Crippen LogP contribution in [-0.2, 0) is 18.4 Å². The van der Waals surface area contributed by atoms with Crippen LogP contribution in [0.2, 0.25) is 0 Å².